The normalized spacial score (nSPS) is 15.0. The van der Waals surface area contributed by atoms with Gasteiger partial charge in [-0.05, 0) is 24.3 Å². The lowest BCUT2D eigenvalue weighted by atomic mass is 9.95. The van der Waals surface area contributed by atoms with E-state index in [1.54, 1.807) is 0 Å². The molecule has 0 unspecified atom stereocenters. The zero-order valence-corrected chi connectivity index (χ0v) is 16.6. The highest BCUT2D eigenvalue weighted by Crippen LogP contribution is 2.25. The summed E-state index contributed by atoms with van der Waals surface area (Å²) >= 11 is 5.95. The van der Waals surface area contributed by atoms with E-state index in [2.05, 4.69) is 35.8 Å². The molecule has 0 atom stereocenters. The first-order valence-electron chi connectivity index (χ1n) is 9.18. The minimum Gasteiger partial charge on any atom is -0.356 e. The molecule has 0 saturated carbocycles. The lowest BCUT2D eigenvalue weighted by Gasteiger charge is -2.28. The Kier molecular flexibility index (Phi) is 4.74. The van der Waals surface area contributed by atoms with Gasteiger partial charge in [0.2, 0.25) is 0 Å². The second kappa shape index (κ2) is 7.06. The van der Waals surface area contributed by atoms with Gasteiger partial charge in [0.1, 0.15) is 5.82 Å². The van der Waals surface area contributed by atoms with E-state index < -0.39 is 0 Å². The average Bonchev–Trinajstić information content (AvgIpc) is 3.09. The molecule has 0 aliphatic carbocycles. The van der Waals surface area contributed by atoms with E-state index in [9.17, 15) is 0 Å². The topological polar surface area (TPSA) is 55.1 Å². The SMILES string of the molecule is CC(C)(C)c1ncc2c(n1)CCN(Cc1cc(-c3ccc(Cl)cc3)on1)C2. The van der Waals surface area contributed by atoms with Crippen molar-refractivity contribution in [3.8, 4) is 11.3 Å². The number of halogens is 1. The molecule has 0 saturated heterocycles. The molecule has 27 heavy (non-hydrogen) atoms. The molecular formula is C21H23ClN4O. The highest BCUT2D eigenvalue weighted by Gasteiger charge is 2.23. The van der Waals surface area contributed by atoms with Crippen molar-refractivity contribution >= 4 is 11.6 Å². The van der Waals surface area contributed by atoms with E-state index in [1.165, 1.54) is 11.3 Å². The first-order valence-corrected chi connectivity index (χ1v) is 9.55. The Balaban J connectivity index is 1.45. The van der Waals surface area contributed by atoms with Gasteiger partial charge >= 0.3 is 0 Å². The number of hydrogen-bond acceptors (Lipinski definition) is 5. The first kappa shape index (κ1) is 18.1. The van der Waals surface area contributed by atoms with Crippen molar-refractivity contribution < 1.29 is 4.52 Å². The molecule has 4 rings (SSSR count). The molecule has 1 aliphatic rings. The highest BCUT2D eigenvalue weighted by molar-refractivity contribution is 6.30. The van der Waals surface area contributed by atoms with Crippen LogP contribution in [0.5, 0.6) is 0 Å². The summed E-state index contributed by atoms with van der Waals surface area (Å²) in [5.74, 6) is 1.68. The largest absolute Gasteiger partial charge is 0.356 e. The molecule has 0 radical (unpaired) electrons. The Bertz CT molecular complexity index is 944. The molecule has 0 fully saturated rings. The minimum atomic E-state index is -0.0229. The summed E-state index contributed by atoms with van der Waals surface area (Å²) in [5.41, 5.74) is 4.26. The van der Waals surface area contributed by atoms with Gasteiger partial charge in [0.25, 0.3) is 0 Å². The molecule has 5 nitrogen and oxygen atoms in total. The second-order valence-corrected chi connectivity index (χ2v) is 8.50. The fourth-order valence-electron chi connectivity index (χ4n) is 3.24. The minimum absolute atomic E-state index is 0.0229. The van der Waals surface area contributed by atoms with Gasteiger partial charge in [-0.2, -0.15) is 0 Å². The van der Waals surface area contributed by atoms with E-state index in [0.29, 0.717) is 5.02 Å². The van der Waals surface area contributed by atoms with Crippen LogP contribution in [0.25, 0.3) is 11.3 Å². The van der Waals surface area contributed by atoms with Gasteiger partial charge in [-0.25, -0.2) is 9.97 Å². The molecule has 140 valence electrons. The predicted octanol–water partition coefficient (Wildman–Crippen LogP) is 4.64. The maximum Gasteiger partial charge on any atom is 0.167 e. The van der Waals surface area contributed by atoms with Gasteiger partial charge in [-0.15, -0.1) is 0 Å². The van der Waals surface area contributed by atoms with Gasteiger partial charge in [0.05, 0.1) is 5.69 Å². The van der Waals surface area contributed by atoms with Gasteiger partial charge in [-0.1, -0.05) is 37.5 Å². The lowest BCUT2D eigenvalue weighted by molar-refractivity contribution is 0.234. The van der Waals surface area contributed by atoms with Crippen LogP contribution >= 0.6 is 11.6 Å². The molecular weight excluding hydrogens is 360 g/mol. The summed E-state index contributed by atoms with van der Waals surface area (Å²) in [5, 5.41) is 4.94. The molecule has 3 heterocycles. The van der Waals surface area contributed by atoms with Gasteiger partial charge < -0.3 is 4.52 Å². The van der Waals surface area contributed by atoms with Crippen molar-refractivity contribution in [1.29, 1.82) is 0 Å². The van der Waals surface area contributed by atoms with Crippen molar-refractivity contribution in [3.05, 3.63) is 64.3 Å². The average molecular weight is 383 g/mol. The van der Waals surface area contributed by atoms with Crippen LogP contribution in [0.4, 0.5) is 0 Å². The summed E-state index contributed by atoms with van der Waals surface area (Å²) in [7, 11) is 0. The molecule has 0 spiro atoms. The van der Waals surface area contributed by atoms with E-state index in [4.69, 9.17) is 21.1 Å². The fraction of sp³-hybridized carbons (Fsp3) is 0.381. The van der Waals surface area contributed by atoms with Crippen molar-refractivity contribution in [2.45, 2.75) is 45.7 Å². The number of nitrogens with zero attached hydrogens (tertiary/aromatic N) is 4. The van der Waals surface area contributed by atoms with E-state index in [1.807, 2.05) is 36.5 Å². The van der Waals surface area contributed by atoms with E-state index in [0.717, 1.165) is 48.9 Å². The maximum atomic E-state index is 5.95. The third kappa shape index (κ3) is 4.04. The van der Waals surface area contributed by atoms with Crippen LogP contribution in [0.3, 0.4) is 0 Å². The Hall–Kier alpha value is -2.24. The van der Waals surface area contributed by atoms with E-state index >= 15 is 0 Å². The summed E-state index contributed by atoms with van der Waals surface area (Å²) in [4.78, 5) is 11.7. The standard InChI is InChI=1S/C21H23ClN4O/c1-21(2,3)20-23-11-15-12-26(9-8-18(15)24-20)13-17-10-19(27-25-17)14-4-6-16(22)7-5-14/h4-7,10-11H,8-9,12-13H2,1-3H3. The van der Waals surface area contributed by atoms with Crippen molar-refractivity contribution in [2.75, 3.05) is 6.54 Å². The smallest absolute Gasteiger partial charge is 0.167 e. The Morgan fingerprint density at radius 3 is 2.70 bits per heavy atom. The molecule has 0 bridgehead atoms. The first-order chi connectivity index (χ1) is 12.9. The van der Waals surface area contributed by atoms with Gasteiger partial charge in [0.15, 0.2) is 5.76 Å². The van der Waals surface area contributed by atoms with Crippen LogP contribution in [0.15, 0.2) is 41.1 Å². The Morgan fingerprint density at radius 2 is 1.96 bits per heavy atom. The summed E-state index contributed by atoms with van der Waals surface area (Å²) in [6.45, 7) is 8.98. The Labute approximate surface area is 164 Å². The van der Waals surface area contributed by atoms with Crippen molar-refractivity contribution in [2.24, 2.45) is 0 Å². The third-order valence-electron chi connectivity index (χ3n) is 4.76. The predicted molar refractivity (Wildman–Crippen MR) is 105 cm³/mol. The van der Waals surface area contributed by atoms with Crippen LogP contribution in [-0.4, -0.2) is 26.6 Å². The number of rotatable bonds is 3. The zero-order valence-electron chi connectivity index (χ0n) is 15.9. The third-order valence-corrected chi connectivity index (χ3v) is 5.01. The number of fused-ring (bicyclic) bond motifs is 1. The van der Waals surface area contributed by atoms with E-state index in [-0.39, 0.29) is 5.41 Å². The zero-order chi connectivity index (χ0) is 19.0. The number of aromatic nitrogens is 3. The van der Waals surface area contributed by atoms with Crippen molar-refractivity contribution in [3.63, 3.8) is 0 Å². The maximum absolute atomic E-state index is 5.95. The molecule has 0 amide bonds. The fourth-order valence-corrected chi connectivity index (χ4v) is 3.36. The molecule has 1 aliphatic heterocycles. The summed E-state index contributed by atoms with van der Waals surface area (Å²) < 4.78 is 5.51. The molecule has 1 aromatic carbocycles. The molecule has 2 aromatic heterocycles. The Morgan fingerprint density at radius 1 is 1.19 bits per heavy atom. The molecule has 0 N–H and O–H groups in total. The van der Waals surface area contributed by atoms with Crippen LogP contribution in [-0.2, 0) is 24.9 Å². The number of hydrogen-bond donors (Lipinski definition) is 0. The van der Waals surface area contributed by atoms with Crippen LogP contribution < -0.4 is 0 Å². The quantitative estimate of drug-likeness (QED) is 0.660. The lowest BCUT2D eigenvalue weighted by Crippen LogP contribution is -2.32. The summed E-state index contributed by atoms with van der Waals surface area (Å²) in [6, 6.07) is 9.58. The van der Waals surface area contributed by atoms with Crippen LogP contribution in [0.2, 0.25) is 5.02 Å². The highest BCUT2D eigenvalue weighted by atomic mass is 35.5. The number of benzene rings is 1. The van der Waals surface area contributed by atoms with Gasteiger partial charge in [-0.3, -0.25) is 4.90 Å². The van der Waals surface area contributed by atoms with Crippen LogP contribution in [0, 0.1) is 0 Å². The van der Waals surface area contributed by atoms with Crippen molar-refractivity contribution in [1.82, 2.24) is 20.0 Å². The van der Waals surface area contributed by atoms with Crippen LogP contribution in [0.1, 0.15) is 43.5 Å². The monoisotopic (exact) mass is 382 g/mol. The molecule has 6 heteroatoms. The summed E-state index contributed by atoms with van der Waals surface area (Å²) in [6.07, 6.45) is 2.92. The van der Waals surface area contributed by atoms with Gasteiger partial charge in [0, 0.05) is 65.6 Å². The molecule has 3 aromatic rings. The second-order valence-electron chi connectivity index (χ2n) is 8.07.